The van der Waals surface area contributed by atoms with Crippen molar-refractivity contribution in [3.63, 3.8) is 0 Å². The zero-order chi connectivity index (χ0) is 16.5. The van der Waals surface area contributed by atoms with Gasteiger partial charge in [-0.2, -0.15) is 0 Å². The number of thiazole rings is 1. The smallest absolute Gasteiger partial charge is 0.276 e. The Hall–Kier alpha value is -2.70. The van der Waals surface area contributed by atoms with E-state index in [-0.39, 0.29) is 5.91 Å². The minimum Gasteiger partial charge on any atom is -0.454 e. The molecule has 0 aliphatic carbocycles. The molecule has 1 N–H and O–H groups in total. The molecule has 1 amide bonds. The molecule has 0 saturated carbocycles. The van der Waals surface area contributed by atoms with E-state index in [1.165, 1.54) is 11.3 Å². The lowest BCUT2D eigenvalue weighted by molar-refractivity contribution is 0.102. The number of hydrogen-bond acceptors (Lipinski definition) is 5. The summed E-state index contributed by atoms with van der Waals surface area (Å²) >= 11 is 7.31. The van der Waals surface area contributed by atoms with Crippen LogP contribution in [0.5, 0.6) is 0 Å². The number of halogens is 1. The van der Waals surface area contributed by atoms with Gasteiger partial charge < -0.3 is 4.42 Å². The molecule has 0 bridgehead atoms. The maximum Gasteiger partial charge on any atom is 0.276 e. The zero-order valence-electron chi connectivity index (χ0n) is 12.2. The summed E-state index contributed by atoms with van der Waals surface area (Å²) in [7, 11) is 0. The Morgan fingerprint density at radius 2 is 2.12 bits per heavy atom. The molecule has 0 atom stereocenters. The third kappa shape index (κ3) is 2.89. The van der Waals surface area contributed by atoms with Crippen molar-refractivity contribution in [2.24, 2.45) is 0 Å². The van der Waals surface area contributed by atoms with Crippen LogP contribution in [0.3, 0.4) is 0 Å². The van der Waals surface area contributed by atoms with E-state index in [1.54, 1.807) is 30.5 Å². The van der Waals surface area contributed by atoms with Crippen molar-refractivity contribution in [1.82, 2.24) is 9.97 Å². The molecule has 0 unspecified atom stereocenters. The summed E-state index contributed by atoms with van der Waals surface area (Å²) in [5.74, 6) is 0.328. The first kappa shape index (κ1) is 14.9. The molecule has 3 aromatic heterocycles. The Morgan fingerprint density at radius 1 is 1.21 bits per heavy atom. The molecule has 0 spiro atoms. The fraction of sp³-hybridized carbons (Fsp3) is 0. The molecule has 0 fully saturated rings. The first-order valence-corrected chi connectivity index (χ1v) is 8.32. The molecular weight excluding hydrogens is 346 g/mol. The number of carbonyl (C=O) groups excluding carboxylic acids is 1. The van der Waals surface area contributed by atoms with E-state index in [1.807, 2.05) is 23.6 Å². The minimum atomic E-state index is -0.298. The molecule has 24 heavy (non-hydrogen) atoms. The number of nitrogens with zero attached hydrogens (tertiary/aromatic N) is 2. The molecule has 0 saturated heterocycles. The summed E-state index contributed by atoms with van der Waals surface area (Å²) in [6.07, 6.45) is 1.57. The zero-order valence-corrected chi connectivity index (χ0v) is 13.8. The molecular formula is C17H10ClN3O2S. The number of benzene rings is 1. The topological polar surface area (TPSA) is 68.0 Å². The standard InChI is InChI=1S/C17H10ClN3O2S/c18-11-4-5-14-10(7-11)8-15(23-14)13-9-24-17(20-13)21-16(22)12-3-1-2-6-19-12/h1-9H,(H,20,21,22). The number of nitrogens with one attached hydrogen (secondary N) is 1. The number of fused-ring (bicyclic) bond motifs is 1. The van der Waals surface area contributed by atoms with Crippen molar-refractivity contribution < 1.29 is 9.21 Å². The van der Waals surface area contributed by atoms with E-state index in [0.29, 0.717) is 27.3 Å². The van der Waals surface area contributed by atoms with Crippen molar-refractivity contribution >= 4 is 44.9 Å². The Balaban J connectivity index is 1.58. The SMILES string of the molecule is O=C(Nc1nc(-c2cc3cc(Cl)ccc3o2)cs1)c1ccccn1. The van der Waals surface area contributed by atoms with E-state index in [2.05, 4.69) is 15.3 Å². The third-order valence-electron chi connectivity index (χ3n) is 3.35. The summed E-state index contributed by atoms with van der Waals surface area (Å²) in [5.41, 5.74) is 1.73. The van der Waals surface area contributed by atoms with Crippen molar-refractivity contribution in [2.45, 2.75) is 0 Å². The molecule has 118 valence electrons. The number of anilines is 1. The molecule has 0 aliphatic heterocycles. The van der Waals surface area contributed by atoms with Gasteiger partial charge in [-0.15, -0.1) is 11.3 Å². The number of hydrogen-bond donors (Lipinski definition) is 1. The average molecular weight is 356 g/mol. The number of furan rings is 1. The van der Waals surface area contributed by atoms with Crippen LogP contribution in [0.4, 0.5) is 5.13 Å². The largest absolute Gasteiger partial charge is 0.454 e. The highest BCUT2D eigenvalue weighted by molar-refractivity contribution is 7.14. The molecule has 0 radical (unpaired) electrons. The van der Waals surface area contributed by atoms with Crippen LogP contribution < -0.4 is 5.32 Å². The van der Waals surface area contributed by atoms with Gasteiger partial charge in [0.2, 0.25) is 0 Å². The van der Waals surface area contributed by atoms with Crippen LogP contribution in [0.15, 0.2) is 58.5 Å². The van der Waals surface area contributed by atoms with Crippen LogP contribution >= 0.6 is 22.9 Å². The highest BCUT2D eigenvalue weighted by Crippen LogP contribution is 2.31. The first-order valence-electron chi connectivity index (χ1n) is 7.06. The van der Waals surface area contributed by atoms with Gasteiger partial charge in [0.1, 0.15) is 17.0 Å². The van der Waals surface area contributed by atoms with E-state index in [0.717, 1.165) is 11.0 Å². The monoisotopic (exact) mass is 355 g/mol. The van der Waals surface area contributed by atoms with Gasteiger partial charge in [-0.1, -0.05) is 17.7 Å². The highest BCUT2D eigenvalue weighted by atomic mass is 35.5. The van der Waals surface area contributed by atoms with E-state index >= 15 is 0 Å². The normalized spacial score (nSPS) is 10.9. The van der Waals surface area contributed by atoms with Gasteiger partial charge in [0.25, 0.3) is 5.91 Å². The predicted octanol–water partition coefficient (Wildman–Crippen LogP) is 4.86. The second-order valence-electron chi connectivity index (χ2n) is 5.00. The lowest BCUT2D eigenvalue weighted by atomic mass is 10.2. The van der Waals surface area contributed by atoms with Gasteiger partial charge in [-0.25, -0.2) is 4.98 Å². The summed E-state index contributed by atoms with van der Waals surface area (Å²) < 4.78 is 5.77. The number of aromatic nitrogens is 2. The predicted molar refractivity (Wildman–Crippen MR) is 94.5 cm³/mol. The quantitative estimate of drug-likeness (QED) is 0.570. The summed E-state index contributed by atoms with van der Waals surface area (Å²) in [6, 6.07) is 12.5. The number of carbonyl (C=O) groups is 1. The molecule has 1 aromatic carbocycles. The highest BCUT2D eigenvalue weighted by Gasteiger charge is 2.13. The second kappa shape index (κ2) is 6.07. The summed E-state index contributed by atoms with van der Waals surface area (Å²) in [4.78, 5) is 20.5. The van der Waals surface area contributed by atoms with E-state index in [4.69, 9.17) is 16.0 Å². The van der Waals surface area contributed by atoms with Crippen molar-refractivity contribution in [1.29, 1.82) is 0 Å². The molecule has 0 aliphatic rings. The maximum atomic E-state index is 12.1. The van der Waals surface area contributed by atoms with Crippen molar-refractivity contribution in [2.75, 3.05) is 5.32 Å². The van der Waals surface area contributed by atoms with Crippen LogP contribution in [0, 0.1) is 0 Å². The molecule has 5 nitrogen and oxygen atoms in total. The van der Waals surface area contributed by atoms with Crippen LogP contribution in [-0.4, -0.2) is 15.9 Å². The average Bonchev–Trinajstić information content (AvgIpc) is 3.21. The van der Waals surface area contributed by atoms with Crippen molar-refractivity contribution in [3.05, 3.63) is 64.8 Å². The lowest BCUT2D eigenvalue weighted by Gasteiger charge is -1.99. The Kier molecular flexibility index (Phi) is 3.76. The molecule has 4 rings (SSSR count). The fourth-order valence-corrected chi connectivity index (χ4v) is 3.12. The Labute approximate surface area is 145 Å². The van der Waals surface area contributed by atoms with Gasteiger partial charge in [-0.05, 0) is 36.4 Å². The van der Waals surface area contributed by atoms with E-state index in [9.17, 15) is 4.79 Å². The van der Waals surface area contributed by atoms with Crippen LogP contribution in [0.1, 0.15) is 10.5 Å². The fourth-order valence-electron chi connectivity index (χ4n) is 2.24. The van der Waals surface area contributed by atoms with E-state index < -0.39 is 0 Å². The summed E-state index contributed by atoms with van der Waals surface area (Å²) in [6.45, 7) is 0. The van der Waals surface area contributed by atoms with Crippen LogP contribution in [-0.2, 0) is 0 Å². The number of rotatable bonds is 3. The summed E-state index contributed by atoms with van der Waals surface area (Å²) in [5, 5.41) is 6.60. The molecule has 3 heterocycles. The molecule has 7 heteroatoms. The Morgan fingerprint density at radius 3 is 2.96 bits per heavy atom. The Bertz CT molecular complexity index is 1030. The first-order chi connectivity index (χ1) is 11.7. The van der Waals surface area contributed by atoms with Crippen molar-refractivity contribution in [3.8, 4) is 11.5 Å². The van der Waals surface area contributed by atoms with Crippen LogP contribution in [0.25, 0.3) is 22.4 Å². The number of pyridine rings is 1. The van der Waals surface area contributed by atoms with Gasteiger partial charge in [0, 0.05) is 22.0 Å². The minimum absolute atomic E-state index is 0.298. The lowest BCUT2D eigenvalue weighted by Crippen LogP contribution is -2.13. The van der Waals surface area contributed by atoms with Gasteiger partial charge in [0.15, 0.2) is 10.9 Å². The maximum absolute atomic E-state index is 12.1. The molecule has 4 aromatic rings. The third-order valence-corrected chi connectivity index (χ3v) is 4.35. The second-order valence-corrected chi connectivity index (χ2v) is 6.29. The van der Waals surface area contributed by atoms with Gasteiger partial charge >= 0.3 is 0 Å². The van der Waals surface area contributed by atoms with Gasteiger partial charge in [0.05, 0.1) is 0 Å². The number of amides is 1. The van der Waals surface area contributed by atoms with Gasteiger partial charge in [-0.3, -0.25) is 15.1 Å². The van der Waals surface area contributed by atoms with Crippen LogP contribution in [0.2, 0.25) is 5.02 Å².